The molecular weight excluding hydrogens is 365 g/mol. The molecule has 1 saturated heterocycles. The van der Waals surface area contributed by atoms with Gasteiger partial charge in [0, 0.05) is 13.2 Å². The van der Waals surface area contributed by atoms with Crippen molar-refractivity contribution in [1.29, 1.82) is 0 Å². The lowest BCUT2D eigenvalue weighted by molar-refractivity contribution is 0.0666. The minimum absolute atomic E-state index is 0.0557. The molecule has 0 aliphatic carbocycles. The van der Waals surface area contributed by atoms with Gasteiger partial charge in [-0.15, -0.1) is 0 Å². The van der Waals surface area contributed by atoms with Crippen LogP contribution in [0.1, 0.15) is 42.2 Å². The van der Waals surface area contributed by atoms with E-state index < -0.39 is 5.82 Å². The van der Waals surface area contributed by atoms with Crippen molar-refractivity contribution >= 4 is 34.2 Å². The van der Waals surface area contributed by atoms with Crippen LogP contribution < -0.4 is 5.56 Å². The highest BCUT2D eigenvalue weighted by molar-refractivity contribution is 8.14. The third-order valence-electron chi connectivity index (χ3n) is 4.55. The topological polar surface area (TPSA) is 59.4 Å². The molecule has 4 rings (SSSR count). The van der Waals surface area contributed by atoms with E-state index in [-0.39, 0.29) is 21.9 Å². The summed E-state index contributed by atoms with van der Waals surface area (Å²) in [5.74, 6) is 0.198. The van der Waals surface area contributed by atoms with Crippen LogP contribution in [0.3, 0.4) is 0 Å². The average Bonchev–Trinajstić information content (AvgIpc) is 2.94. The maximum absolute atomic E-state index is 13.5. The quantitative estimate of drug-likeness (QED) is 0.847. The minimum atomic E-state index is -0.467. The Morgan fingerprint density at radius 1 is 1.40 bits per heavy atom. The molecule has 1 atom stereocenters. The number of H-pyrrole nitrogens is 1. The number of aromatic nitrogens is 2. The van der Waals surface area contributed by atoms with Gasteiger partial charge in [-0.3, -0.25) is 14.6 Å². The molecule has 1 aromatic carbocycles. The van der Waals surface area contributed by atoms with Crippen LogP contribution in [0.15, 0.2) is 28.0 Å². The SMILES string of the molecule is CC1=Nc2c(c(=O)[nH]n2C2CCOCC2)[C@@H](c2ccc(F)c(Cl)c2)S1. The smallest absolute Gasteiger partial charge is 0.271 e. The highest BCUT2D eigenvalue weighted by Gasteiger charge is 2.32. The van der Waals surface area contributed by atoms with Gasteiger partial charge in [-0.05, 0) is 37.5 Å². The number of benzene rings is 1. The molecular formula is C17H17ClFN3O2S. The fraction of sp³-hybridized carbons (Fsp3) is 0.412. The van der Waals surface area contributed by atoms with Crippen molar-refractivity contribution in [2.24, 2.45) is 4.99 Å². The highest BCUT2D eigenvalue weighted by atomic mass is 35.5. The van der Waals surface area contributed by atoms with Crippen LogP contribution in [0.2, 0.25) is 5.02 Å². The molecule has 0 unspecified atom stereocenters. The lowest BCUT2D eigenvalue weighted by Gasteiger charge is -2.26. The number of nitrogens with zero attached hydrogens (tertiary/aromatic N) is 2. The zero-order valence-electron chi connectivity index (χ0n) is 13.6. The summed E-state index contributed by atoms with van der Waals surface area (Å²) in [6, 6.07) is 4.76. The van der Waals surface area contributed by atoms with Gasteiger partial charge in [0.25, 0.3) is 5.56 Å². The van der Waals surface area contributed by atoms with Crippen molar-refractivity contribution in [3.8, 4) is 0 Å². The van der Waals surface area contributed by atoms with E-state index >= 15 is 0 Å². The first-order valence-electron chi connectivity index (χ1n) is 8.13. The van der Waals surface area contributed by atoms with E-state index in [1.165, 1.54) is 17.8 Å². The predicted molar refractivity (Wildman–Crippen MR) is 97.8 cm³/mol. The van der Waals surface area contributed by atoms with Gasteiger partial charge in [0.05, 0.1) is 26.9 Å². The molecule has 0 saturated carbocycles. The second-order valence-corrected chi connectivity index (χ2v) is 7.90. The monoisotopic (exact) mass is 381 g/mol. The standard InChI is InChI=1S/C17H17ClFN3O2S/c1-9-20-16-14(15(25-9)10-2-3-13(19)12(18)8-10)17(23)21-22(16)11-4-6-24-7-5-11/h2-3,8,11,15H,4-7H2,1H3,(H,21,23)/t15-/m1/s1. The van der Waals surface area contributed by atoms with Crippen molar-refractivity contribution in [2.75, 3.05) is 13.2 Å². The summed E-state index contributed by atoms with van der Waals surface area (Å²) >= 11 is 7.43. The molecule has 0 bridgehead atoms. The maximum atomic E-state index is 13.5. The van der Waals surface area contributed by atoms with Crippen LogP contribution in [0, 0.1) is 5.82 Å². The van der Waals surface area contributed by atoms with Gasteiger partial charge in [-0.25, -0.2) is 9.38 Å². The summed E-state index contributed by atoms with van der Waals surface area (Å²) in [6.07, 6.45) is 1.68. The van der Waals surface area contributed by atoms with E-state index in [2.05, 4.69) is 10.1 Å². The molecule has 1 N–H and O–H groups in total. The lowest BCUT2D eigenvalue weighted by atomic mass is 10.1. The number of hydrogen-bond donors (Lipinski definition) is 1. The molecule has 25 heavy (non-hydrogen) atoms. The summed E-state index contributed by atoms with van der Waals surface area (Å²) in [6.45, 7) is 3.26. The Hall–Kier alpha value is -1.57. The normalized spacial score (nSPS) is 21.1. The highest BCUT2D eigenvalue weighted by Crippen LogP contribution is 2.45. The van der Waals surface area contributed by atoms with Crippen LogP contribution in [0.5, 0.6) is 0 Å². The third kappa shape index (κ3) is 3.05. The number of aromatic amines is 1. The number of hydrogen-bond acceptors (Lipinski definition) is 4. The Labute approximate surface area is 153 Å². The van der Waals surface area contributed by atoms with E-state index in [1.54, 1.807) is 12.1 Å². The number of halogens is 2. The molecule has 0 amide bonds. The lowest BCUT2D eigenvalue weighted by Crippen LogP contribution is -2.21. The first-order valence-corrected chi connectivity index (χ1v) is 9.39. The molecule has 2 aromatic rings. The van der Waals surface area contributed by atoms with Crippen LogP contribution in [0.4, 0.5) is 10.2 Å². The zero-order valence-corrected chi connectivity index (χ0v) is 15.2. The Balaban J connectivity index is 1.82. The van der Waals surface area contributed by atoms with Crippen LogP contribution in [-0.4, -0.2) is 28.0 Å². The molecule has 1 aromatic heterocycles. The number of aliphatic imine (C=N–C) groups is 1. The van der Waals surface area contributed by atoms with Gasteiger partial charge in [0.1, 0.15) is 5.82 Å². The van der Waals surface area contributed by atoms with Crippen LogP contribution in [0.25, 0.3) is 0 Å². The fourth-order valence-electron chi connectivity index (χ4n) is 3.33. The molecule has 0 radical (unpaired) electrons. The minimum Gasteiger partial charge on any atom is -0.381 e. The van der Waals surface area contributed by atoms with Gasteiger partial charge >= 0.3 is 0 Å². The Morgan fingerprint density at radius 2 is 2.16 bits per heavy atom. The molecule has 2 aliphatic rings. The number of ether oxygens (including phenoxy) is 1. The molecule has 3 heterocycles. The van der Waals surface area contributed by atoms with E-state index in [0.29, 0.717) is 24.6 Å². The number of rotatable bonds is 2. The van der Waals surface area contributed by atoms with Gasteiger partial charge in [-0.2, -0.15) is 0 Å². The Kier molecular flexibility index (Phi) is 4.47. The Bertz CT molecular complexity index is 902. The number of thioether (sulfide) groups is 1. The van der Waals surface area contributed by atoms with Gasteiger partial charge < -0.3 is 4.74 Å². The average molecular weight is 382 g/mol. The van der Waals surface area contributed by atoms with Gasteiger partial charge in [0.2, 0.25) is 0 Å². The predicted octanol–water partition coefficient (Wildman–Crippen LogP) is 4.21. The van der Waals surface area contributed by atoms with Gasteiger partial charge in [0.15, 0.2) is 5.82 Å². The molecule has 8 heteroatoms. The molecule has 132 valence electrons. The van der Waals surface area contributed by atoms with Crippen LogP contribution in [-0.2, 0) is 4.74 Å². The summed E-state index contributed by atoms with van der Waals surface area (Å²) in [4.78, 5) is 17.3. The van der Waals surface area contributed by atoms with E-state index in [1.807, 2.05) is 11.6 Å². The summed E-state index contributed by atoms with van der Waals surface area (Å²) in [7, 11) is 0. The molecule has 2 aliphatic heterocycles. The first kappa shape index (κ1) is 16.9. The van der Waals surface area contributed by atoms with E-state index in [9.17, 15) is 9.18 Å². The number of fused-ring (bicyclic) bond motifs is 1. The van der Waals surface area contributed by atoms with Gasteiger partial charge in [-0.1, -0.05) is 29.4 Å². The third-order valence-corrected chi connectivity index (χ3v) is 6.02. The maximum Gasteiger partial charge on any atom is 0.271 e. The summed E-state index contributed by atoms with van der Waals surface area (Å²) in [5, 5.41) is 3.61. The number of nitrogens with one attached hydrogen (secondary N) is 1. The van der Waals surface area contributed by atoms with Crippen molar-refractivity contribution < 1.29 is 9.13 Å². The molecule has 1 fully saturated rings. The first-order chi connectivity index (χ1) is 12.0. The van der Waals surface area contributed by atoms with Crippen molar-refractivity contribution in [3.63, 3.8) is 0 Å². The summed E-state index contributed by atoms with van der Waals surface area (Å²) in [5.41, 5.74) is 1.24. The van der Waals surface area contributed by atoms with Crippen molar-refractivity contribution in [3.05, 3.63) is 50.5 Å². The zero-order chi connectivity index (χ0) is 17.6. The van der Waals surface area contributed by atoms with Crippen molar-refractivity contribution in [1.82, 2.24) is 9.78 Å². The van der Waals surface area contributed by atoms with Crippen molar-refractivity contribution in [2.45, 2.75) is 31.1 Å². The summed E-state index contributed by atoms with van der Waals surface area (Å²) < 4.78 is 20.8. The second kappa shape index (κ2) is 6.63. The molecule has 5 nitrogen and oxygen atoms in total. The van der Waals surface area contributed by atoms with E-state index in [4.69, 9.17) is 16.3 Å². The molecule has 0 spiro atoms. The second-order valence-electron chi connectivity index (χ2n) is 6.19. The van der Waals surface area contributed by atoms with E-state index in [0.717, 1.165) is 23.4 Å². The largest absolute Gasteiger partial charge is 0.381 e. The fourth-order valence-corrected chi connectivity index (χ4v) is 4.61. The van der Waals surface area contributed by atoms with Crippen LogP contribution >= 0.6 is 23.4 Å². The Morgan fingerprint density at radius 3 is 2.88 bits per heavy atom.